The van der Waals surface area contributed by atoms with Crippen molar-refractivity contribution >= 4 is 23.8 Å². The van der Waals surface area contributed by atoms with E-state index in [2.05, 4.69) is 4.98 Å². The second-order valence-electron chi connectivity index (χ2n) is 5.46. The molecule has 2 aromatic rings. The van der Waals surface area contributed by atoms with Gasteiger partial charge in [0.1, 0.15) is 5.69 Å². The van der Waals surface area contributed by atoms with Crippen LogP contribution in [0.3, 0.4) is 0 Å². The van der Waals surface area contributed by atoms with Crippen molar-refractivity contribution in [3.8, 4) is 0 Å². The van der Waals surface area contributed by atoms with E-state index >= 15 is 0 Å². The highest BCUT2D eigenvalue weighted by Gasteiger charge is 2.12. The van der Waals surface area contributed by atoms with Crippen LogP contribution >= 0.6 is 0 Å². The molecule has 0 saturated carbocycles. The molecule has 0 fully saturated rings. The number of benzene rings is 1. The maximum atomic E-state index is 11.4. The maximum absolute atomic E-state index is 11.4. The zero-order valence-electron chi connectivity index (χ0n) is 12.7. The molecule has 0 unspecified atom stereocenters. The van der Waals surface area contributed by atoms with Crippen molar-refractivity contribution in [1.29, 1.82) is 0 Å². The molecule has 1 heterocycles. The summed E-state index contributed by atoms with van der Waals surface area (Å²) >= 11 is 0. The molecule has 23 heavy (non-hydrogen) atoms. The number of fused-ring (bicyclic) bond motifs is 1. The Bertz CT molecular complexity index is 864. The van der Waals surface area contributed by atoms with Gasteiger partial charge in [-0.1, -0.05) is 36.4 Å². The monoisotopic (exact) mass is 304 g/mol. The molecule has 0 bridgehead atoms. The normalized spacial score (nSPS) is 13.0. The Kier molecular flexibility index (Phi) is 3.89. The largest absolute Gasteiger partial charge is 0.364 e. The molecule has 1 aromatic heterocycles. The number of carbonyl (C=O) groups excluding carboxylic acids is 2. The van der Waals surface area contributed by atoms with E-state index < -0.39 is 5.91 Å². The van der Waals surface area contributed by atoms with Gasteiger partial charge in [0.2, 0.25) is 0 Å². The molecule has 0 saturated heterocycles. The van der Waals surface area contributed by atoms with Gasteiger partial charge in [-0.25, -0.2) is 4.98 Å². The SMILES string of the molecule is Cc1ccc2c(c1C=O)C=CC(c1cccc(C(N)=O)n1)=CC2. The number of nitrogens with zero attached hydrogens (tertiary/aromatic N) is 1. The lowest BCUT2D eigenvalue weighted by Gasteiger charge is -2.08. The van der Waals surface area contributed by atoms with E-state index in [4.69, 9.17) is 5.73 Å². The van der Waals surface area contributed by atoms with Gasteiger partial charge in [0, 0.05) is 5.56 Å². The highest BCUT2D eigenvalue weighted by molar-refractivity contribution is 5.92. The van der Waals surface area contributed by atoms with Crippen LogP contribution in [0.25, 0.3) is 11.6 Å². The number of rotatable bonds is 3. The van der Waals surface area contributed by atoms with Gasteiger partial charge in [-0.15, -0.1) is 0 Å². The first-order chi connectivity index (χ1) is 11.1. The minimum absolute atomic E-state index is 0.239. The molecule has 114 valence electrons. The van der Waals surface area contributed by atoms with Crippen molar-refractivity contribution in [3.05, 3.63) is 76.1 Å². The Labute approximate surface area is 134 Å². The Morgan fingerprint density at radius 3 is 2.78 bits per heavy atom. The summed E-state index contributed by atoms with van der Waals surface area (Å²) < 4.78 is 0. The summed E-state index contributed by atoms with van der Waals surface area (Å²) in [7, 11) is 0. The third-order valence-electron chi connectivity index (χ3n) is 3.98. The first kappa shape index (κ1) is 14.9. The van der Waals surface area contributed by atoms with Crippen LogP contribution in [0.1, 0.15) is 43.2 Å². The van der Waals surface area contributed by atoms with Crippen LogP contribution in [-0.4, -0.2) is 17.2 Å². The van der Waals surface area contributed by atoms with Gasteiger partial charge in [0.25, 0.3) is 5.91 Å². The molecular formula is C19H16N2O2. The van der Waals surface area contributed by atoms with Gasteiger partial charge < -0.3 is 5.73 Å². The van der Waals surface area contributed by atoms with E-state index in [1.165, 1.54) is 0 Å². The van der Waals surface area contributed by atoms with Crippen LogP contribution in [0.4, 0.5) is 0 Å². The number of pyridine rings is 1. The second kappa shape index (κ2) is 6.01. The van der Waals surface area contributed by atoms with Crippen molar-refractivity contribution in [2.45, 2.75) is 13.3 Å². The average molecular weight is 304 g/mol. The van der Waals surface area contributed by atoms with E-state index in [9.17, 15) is 9.59 Å². The van der Waals surface area contributed by atoms with Gasteiger partial charge in [-0.3, -0.25) is 9.59 Å². The summed E-state index contributed by atoms with van der Waals surface area (Å²) in [5.41, 5.74) is 10.8. The van der Waals surface area contributed by atoms with Gasteiger partial charge in [-0.05, 0) is 47.7 Å². The minimum atomic E-state index is -0.549. The van der Waals surface area contributed by atoms with Crippen LogP contribution in [0.15, 0.2) is 42.5 Å². The second-order valence-corrected chi connectivity index (χ2v) is 5.46. The molecule has 0 radical (unpaired) electrons. The minimum Gasteiger partial charge on any atom is -0.364 e. The van der Waals surface area contributed by atoms with E-state index in [0.717, 1.165) is 28.5 Å². The van der Waals surface area contributed by atoms with Crippen LogP contribution in [0, 0.1) is 6.92 Å². The lowest BCUT2D eigenvalue weighted by Crippen LogP contribution is -2.13. The molecule has 1 aliphatic carbocycles. The summed E-state index contributed by atoms with van der Waals surface area (Å²) in [6.45, 7) is 1.93. The van der Waals surface area contributed by atoms with Crippen molar-refractivity contribution in [3.63, 3.8) is 0 Å². The van der Waals surface area contributed by atoms with Gasteiger partial charge >= 0.3 is 0 Å². The first-order valence-corrected chi connectivity index (χ1v) is 7.33. The van der Waals surface area contributed by atoms with Gasteiger partial charge in [-0.2, -0.15) is 0 Å². The fourth-order valence-corrected chi connectivity index (χ4v) is 2.71. The third-order valence-corrected chi connectivity index (χ3v) is 3.98. The zero-order chi connectivity index (χ0) is 16.4. The Balaban J connectivity index is 2.04. The summed E-state index contributed by atoms with van der Waals surface area (Å²) in [5.74, 6) is -0.549. The number of nitrogens with two attached hydrogens (primary N) is 1. The smallest absolute Gasteiger partial charge is 0.267 e. The number of hydrogen-bond donors (Lipinski definition) is 1. The summed E-state index contributed by atoms with van der Waals surface area (Å²) in [5, 5.41) is 0. The molecule has 0 atom stereocenters. The molecule has 0 spiro atoms. The lowest BCUT2D eigenvalue weighted by molar-refractivity contribution is 0.0995. The van der Waals surface area contributed by atoms with Crippen molar-refractivity contribution in [2.24, 2.45) is 5.73 Å². The molecule has 4 nitrogen and oxygen atoms in total. The number of carbonyl (C=O) groups is 2. The standard InChI is InChI=1S/C19H16N2O2/c1-12-5-6-13-7-8-14(9-10-15(13)16(12)11-22)17-3-2-4-18(21-17)19(20)23/h2-6,8-11H,7H2,1H3,(H2,20,23). The molecule has 1 aliphatic rings. The summed E-state index contributed by atoms with van der Waals surface area (Å²) in [6.07, 6.45) is 7.49. The molecule has 0 aliphatic heterocycles. The van der Waals surface area contributed by atoms with Crippen LogP contribution in [-0.2, 0) is 6.42 Å². The van der Waals surface area contributed by atoms with E-state index in [0.29, 0.717) is 17.7 Å². The first-order valence-electron chi connectivity index (χ1n) is 7.33. The van der Waals surface area contributed by atoms with Crippen LogP contribution in [0.5, 0.6) is 0 Å². The number of primary amides is 1. The number of aldehydes is 1. The average Bonchev–Trinajstić information content (AvgIpc) is 2.77. The predicted octanol–water partition coefficient (Wildman–Crippen LogP) is 2.95. The Morgan fingerprint density at radius 2 is 2.04 bits per heavy atom. The van der Waals surface area contributed by atoms with E-state index in [1.54, 1.807) is 12.1 Å². The topological polar surface area (TPSA) is 73.1 Å². The van der Waals surface area contributed by atoms with Crippen molar-refractivity contribution in [2.75, 3.05) is 0 Å². The molecule has 1 amide bonds. The van der Waals surface area contributed by atoms with E-state index in [1.807, 2.05) is 43.4 Å². The summed E-state index contributed by atoms with van der Waals surface area (Å²) in [4.78, 5) is 27.0. The highest BCUT2D eigenvalue weighted by atomic mass is 16.1. The molecule has 1 aromatic carbocycles. The van der Waals surface area contributed by atoms with Crippen LogP contribution in [0.2, 0.25) is 0 Å². The number of amides is 1. The highest BCUT2D eigenvalue weighted by Crippen LogP contribution is 2.26. The Morgan fingerprint density at radius 1 is 1.22 bits per heavy atom. The number of hydrogen-bond acceptors (Lipinski definition) is 3. The Hall–Kier alpha value is -3.01. The quantitative estimate of drug-likeness (QED) is 0.886. The fourth-order valence-electron chi connectivity index (χ4n) is 2.71. The molecule has 4 heteroatoms. The fraction of sp³-hybridized carbons (Fsp3) is 0.105. The van der Waals surface area contributed by atoms with Gasteiger partial charge in [0.05, 0.1) is 5.69 Å². The maximum Gasteiger partial charge on any atom is 0.267 e. The molecule has 3 rings (SSSR count). The van der Waals surface area contributed by atoms with Crippen molar-refractivity contribution < 1.29 is 9.59 Å². The third kappa shape index (κ3) is 2.83. The predicted molar refractivity (Wildman–Crippen MR) is 90.0 cm³/mol. The van der Waals surface area contributed by atoms with Crippen molar-refractivity contribution in [1.82, 2.24) is 4.98 Å². The number of aryl methyl sites for hydroxylation is 1. The molecular weight excluding hydrogens is 288 g/mol. The number of allylic oxidation sites excluding steroid dienone is 3. The van der Waals surface area contributed by atoms with Gasteiger partial charge in [0.15, 0.2) is 6.29 Å². The lowest BCUT2D eigenvalue weighted by atomic mass is 9.96. The van der Waals surface area contributed by atoms with Crippen LogP contribution < -0.4 is 5.73 Å². The van der Waals surface area contributed by atoms with E-state index in [-0.39, 0.29) is 5.69 Å². The molecule has 2 N–H and O–H groups in total. The summed E-state index contributed by atoms with van der Waals surface area (Å²) in [6, 6.07) is 9.19. The zero-order valence-corrected chi connectivity index (χ0v) is 12.7. The number of aromatic nitrogens is 1.